The number of hydrogen-bond acceptors (Lipinski definition) is 6. The van der Waals surface area contributed by atoms with Crippen molar-refractivity contribution in [2.24, 2.45) is 0 Å². The molecule has 0 bridgehead atoms. The fourth-order valence-corrected chi connectivity index (χ4v) is 9.02. The first kappa shape index (κ1) is 72.3. The molecule has 0 aliphatic heterocycles. The second-order valence-electron chi connectivity index (χ2n) is 21.3. The van der Waals surface area contributed by atoms with Crippen molar-refractivity contribution in [2.45, 2.75) is 316 Å². The molecule has 76 heavy (non-hydrogen) atoms. The van der Waals surface area contributed by atoms with Crippen LogP contribution in [0.25, 0.3) is 0 Å². The monoisotopic (exact) mass is 1060 g/mol. The SMILES string of the molecule is CC/C=C\C/C=C\C/C=C\C/C=C\C/C=C\CCCC(=O)OC(COC(=O)CCCCCCCCCCCC/C=C\C/C=C\C/C=C\CCCCCCC)COC(=O)CCCCCCCCCCCCCCCCCC. The van der Waals surface area contributed by atoms with E-state index in [2.05, 4.69) is 118 Å². The van der Waals surface area contributed by atoms with E-state index in [1.54, 1.807) is 0 Å². The van der Waals surface area contributed by atoms with Crippen LogP contribution in [0.5, 0.6) is 0 Å². The summed E-state index contributed by atoms with van der Waals surface area (Å²) >= 11 is 0. The van der Waals surface area contributed by atoms with Crippen LogP contribution in [0.1, 0.15) is 310 Å². The van der Waals surface area contributed by atoms with Gasteiger partial charge in [0, 0.05) is 19.3 Å². The number of unbranched alkanes of at least 4 members (excludes halogenated alkanes) is 31. The molecule has 0 heterocycles. The van der Waals surface area contributed by atoms with Crippen LogP contribution in [0, 0.1) is 0 Å². The molecule has 0 aromatic rings. The third-order valence-corrected chi connectivity index (χ3v) is 13.8. The van der Waals surface area contributed by atoms with E-state index in [1.165, 1.54) is 173 Å². The summed E-state index contributed by atoms with van der Waals surface area (Å²) in [6.07, 6.45) is 85.6. The Morgan fingerprint density at radius 3 is 0.842 bits per heavy atom. The summed E-state index contributed by atoms with van der Waals surface area (Å²) in [6, 6.07) is 0. The molecule has 0 amide bonds. The van der Waals surface area contributed by atoms with E-state index in [0.717, 1.165) is 89.9 Å². The first-order chi connectivity index (χ1) is 37.5. The highest BCUT2D eigenvalue weighted by Gasteiger charge is 2.19. The second-order valence-corrected chi connectivity index (χ2v) is 21.3. The highest BCUT2D eigenvalue weighted by Crippen LogP contribution is 2.16. The Bertz CT molecular complexity index is 1490. The van der Waals surface area contributed by atoms with E-state index >= 15 is 0 Å². The molecule has 436 valence electrons. The molecule has 0 rings (SSSR count). The van der Waals surface area contributed by atoms with Crippen LogP contribution < -0.4 is 0 Å². The smallest absolute Gasteiger partial charge is 0.306 e. The van der Waals surface area contributed by atoms with Crippen LogP contribution in [0.2, 0.25) is 0 Å². The maximum Gasteiger partial charge on any atom is 0.306 e. The Balaban J connectivity index is 4.40. The number of carbonyl (C=O) groups is 3. The highest BCUT2D eigenvalue weighted by molar-refractivity contribution is 5.71. The van der Waals surface area contributed by atoms with Gasteiger partial charge in [-0.3, -0.25) is 14.4 Å². The molecule has 0 saturated heterocycles. The molecule has 0 fully saturated rings. The van der Waals surface area contributed by atoms with Gasteiger partial charge in [0.15, 0.2) is 6.10 Å². The third kappa shape index (κ3) is 61.2. The van der Waals surface area contributed by atoms with Crippen LogP contribution in [0.3, 0.4) is 0 Å². The summed E-state index contributed by atoms with van der Waals surface area (Å²) in [5.74, 6) is -0.951. The quantitative estimate of drug-likeness (QED) is 0.0261. The number of ether oxygens (including phenoxy) is 3. The average molecular weight is 1060 g/mol. The predicted molar refractivity (Wildman–Crippen MR) is 330 cm³/mol. The minimum absolute atomic E-state index is 0.0990. The van der Waals surface area contributed by atoms with Crippen LogP contribution in [0.15, 0.2) is 97.2 Å². The van der Waals surface area contributed by atoms with Gasteiger partial charge in [0.05, 0.1) is 0 Å². The van der Waals surface area contributed by atoms with E-state index in [1.807, 2.05) is 0 Å². The lowest BCUT2D eigenvalue weighted by molar-refractivity contribution is -0.167. The molecular formula is C70H120O6. The van der Waals surface area contributed by atoms with Gasteiger partial charge in [-0.15, -0.1) is 0 Å². The van der Waals surface area contributed by atoms with Crippen LogP contribution >= 0.6 is 0 Å². The summed E-state index contributed by atoms with van der Waals surface area (Å²) in [4.78, 5) is 38.3. The Morgan fingerprint density at radius 2 is 0.526 bits per heavy atom. The number of carbonyl (C=O) groups excluding carboxylic acids is 3. The molecule has 0 aliphatic carbocycles. The van der Waals surface area contributed by atoms with Crippen LogP contribution in [0.4, 0.5) is 0 Å². The Hall–Kier alpha value is -3.67. The van der Waals surface area contributed by atoms with Gasteiger partial charge < -0.3 is 14.2 Å². The van der Waals surface area contributed by atoms with Gasteiger partial charge >= 0.3 is 17.9 Å². The van der Waals surface area contributed by atoms with E-state index < -0.39 is 6.10 Å². The molecule has 0 radical (unpaired) electrons. The van der Waals surface area contributed by atoms with Gasteiger partial charge in [-0.2, -0.15) is 0 Å². The average Bonchev–Trinajstić information content (AvgIpc) is 3.42. The summed E-state index contributed by atoms with van der Waals surface area (Å²) < 4.78 is 16.9. The predicted octanol–water partition coefficient (Wildman–Crippen LogP) is 22.0. The maximum absolute atomic E-state index is 12.9. The van der Waals surface area contributed by atoms with E-state index in [0.29, 0.717) is 19.3 Å². The number of allylic oxidation sites excluding steroid dienone is 16. The molecular weight excluding hydrogens is 937 g/mol. The molecule has 0 aromatic carbocycles. The van der Waals surface area contributed by atoms with Crippen LogP contribution in [-0.4, -0.2) is 37.2 Å². The Labute approximate surface area is 470 Å². The standard InChI is InChI=1S/C70H120O6/c1-4-7-10-13-16-19-22-25-28-31-32-33-34-35-36-37-38-40-42-45-48-51-54-57-60-63-69(72)75-66-67(65-74-68(71)62-59-56-53-50-47-44-41-30-27-24-21-18-15-12-9-6-3)76-70(73)64-61-58-55-52-49-46-43-39-29-26-23-20-17-14-11-8-5-2/h8,11,17,20,22,25-26,29,31-32,34-35,43,46,52,55,67H,4-7,9-10,12-16,18-19,21,23-24,27-28,30,33,36-42,44-45,47-51,53-54,56-66H2,1-3H3/b11-8-,20-17-,25-22-,29-26-,32-31-,35-34-,46-43-,55-52-. The first-order valence-electron chi connectivity index (χ1n) is 32.2. The molecule has 1 atom stereocenters. The van der Waals surface area contributed by atoms with Crippen molar-refractivity contribution in [3.05, 3.63) is 97.2 Å². The fraction of sp³-hybridized carbons (Fsp3) is 0.729. The van der Waals surface area contributed by atoms with E-state index in [4.69, 9.17) is 14.2 Å². The zero-order valence-corrected chi connectivity index (χ0v) is 50.0. The zero-order valence-electron chi connectivity index (χ0n) is 50.0. The lowest BCUT2D eigenvalue weighted by atomic mass is 10.0. The molecule has 0 aliphatic rings. The van der Waals surface area contributed by atoms with E-state index in [-0.39, 0.29) is 37.5 Å². The van der Waals surface area contributed by atoms with Crippen LogP contribution in [-0.2, 0) is 28.6 Å². The lowest BCUT2D eigenvalue weighted by Crippen LogP contribution is -2.30. The Morgan fingerprint density at radius 1 is 0.276 bits per heavy atom. The van der Waals surface area contributed by atoms with Crippen molar-refractivity contribution in [3.8, 4) is 0 Å². The minimum Gasteiger partial charge on any atom is -0.462 e. The normalized spacial score (nSPS) is 12.7. The lowest BCUT2D eigenvalue weighted by Gasteiger charge is -2.18. The maximum atomic E-state index is 12.9. The molecule has 1 unspecified atom stereocenters. The van der Waals surface area contributed by atoms with Gasteiger partial charge in [0.25, 0.3) is 0 Å². The van der Waals surface area contributed by atoms with Crippen molar-refractivity contribution < 1.29 is 28.6 Å². The topological polar surface area (TPSA) is 78.9 Å². The molecule has 0 N–H and O–H groups in total. The summed E-state index contributed by atoms with van der Waals surface area (Å²) in [7, 11) is 0. The van der Waals surface area contributed by atoms with Gasteiger partial charge in [0.1, 0.15) is 13.2 Å². The van der Waals surface area contributed by atoms with Crippen molar-refractivity contribution >= 4 is 17.9 Å². The number of rotatable bonds is 58. The van der Waals surface area contributed by atoms with E-state index in [9.17, 15) is 14.4 Å². The molecule has 6 nitrogen and oxygen atoms in total. The van der Waals surface area contributed by atoms with Crippen molar-refractivity contribution in [2.75, 3.05) is 13.2 Å². The second kappa shape index (κ2) is 63.9. The number of hydrogen-bond donors (Lipinski definition) is 0. The molecule has 0 aromatic heterocycles. The summed E-state index contributed by atoms with van der Waals surface area (Å²) in [6.45, 7) is 6.50. The first-order valence-corrected chi connectivity index (χ1v) is 32.2. The van der Waals surface area contributed by atoms with Gasteiger partial charge in [-0.1, -0.05) is 291 Å². The summed E-state index contributed by atoms with van der Waals surface area (Å²) in [5.41, 5.74) is 0. The number of esters is 3. The minimum atomic E-state index is -0.809. The highest BCUT2D eigenvalue weighted by atomic mass is 16.6. The van der Waals surface area contributed by atoms with Gasteiger partial charge in [-0.25, -0.2) is 0 Å². The van der Waals surface area contributed by atoms with Crippen molar-refractivity contribution in [1.82, 2.24) is 0 Å². The van der Waals surface area contributed by atoms with Crippen molar-refractivity contribution in [3.63, 3.8) is 0 Å². The largest absolute Gasteiger partial charge is 0.462 e. The Kier molecular flexibility index (Phi) is 60.8. The molecule has 6 heteroatoms. The molecule has 0 saturated carbocycles. The zero-order chi connectivity index (χ0) is 55.0. The van der Waals surface area contributed by atoms with Gasteiger partial charge in [-0.05, 0) is 96.3 Å². The van der Waals surface area contributed by atoms with Gasteiger partial charge in [0.2, 0.25) is 0 Å². The summed E-state index contributed by atoms with van der Waals surface area (Å²) in [5, 5.41) is 0. The van der Waals surface area contributed by atoms with Crippen molar-refractivity contribution in [1.29, 1.82) is 0 Å². The fourth-order valence-electron chi connectivity index (χ4n) is 9.02. The third-order valence-electron chi connectivity index (χ3n) is 13.8. The molecule has 0 spiro atoms.